The van der Waals surface area contributed by atoms with E-state index >= 15 is 0 Å². The number of carbonyl (C=O) groups excluding carboxylic acids is 1. The average molecular weight is 331 g/mol. The Balaban J connectivity index is 1.57. The van der Waals surface area contributed by atoms with Gasteiger partial charge < -0.3 is 5.32 Å². The van der Waals surface area contributed by atoms with Crippen LogP contribution < -0.4 is 5.32 Å². The van der Waals surface area contributed by atoms with Crippen LogP contribution in [0.4, 0.5) is 0 Å². The van der Waals surface area contributed by atoms with Crippen LogP contribution in [0, 0.1) is 6.92 Å². The molecule has 0 saturated carbocycles. The molecule has 4 nitrogen and oxygen atoms in total. The zero-order chi connectivity index (χ0) is 17.2. The Morgan fingerprint density at radius 3 is 2.72 bits per heavy atom. The number of rotatable bonds is 3. The van der Waals surface area contributed by atoms with Crippen LogP contribution in [0.1, 0.15) is 46.2 Å². The summed E-state index contributed by atoms with van der Waals surface area (Å²) >= 11 is 0. The monoisotopic (exact) mass is 331 g/mol. The van der Waals surface area contributed by atoms with Gasteiger partial charge in [-0.15, -0.1) is 0 Å². The number of aryl methyl sites for hydroxylation is 2. The SMILES string of the molecule is Cc1cc(C(=O)NC2CCCc3ccccc32)nn1-c1ccccc1. The van der Waals surface area contributed by atoms with Crippen molar-refractivity contribution in [1.29, 1.82) is 0 Å². The predicted molar refractivity (Wildman–Crippen MR) is 97.9 cm³/mol. The standard InChI is InChI=1S/C21H21N3O/c1-15-14-20(23-24(15)17-10-3-2-4-11-17)21(25)22-19-13-7-9-16-8-5-6-12-18(16)19/h2-6,8,10-12,14,19H,7,9,13H2,1H3,(H,22,25). The summed E-state index contributed by atoms with van der Waals surface area (Å²) in [5.74, 6) is -0.112. The summed E-state index contributed by atoms with van der Waals surface area (Å²) in [6, 6.07) is 20.2. The third-order valence-electron chi connectivity index (χ3n) is 4.80. The van der Waals surface area contributed by atoms with Gasteiger partial charge in [-0.2, -0.15) is 5.10 Å². The Kier molecular flexibility index (Phi) is 4.10. The van der Waals surface area contributed by atoms with Gasteiger partial charge in [-0.3, -0.25) is 4.79 Å². The number of carbonyl (C=O) groups is 1. The minimum atomic E-state index is -0.112. The van der Waals surface area contributed by atoms with E-state index < -0.39 is 0 Å². The summed E-state index contributed by atoms with van der Waals surface area (Å²) in [6.45, 7) is 1.96. The minimum Gasteiger partial charge on any atom is -0.344 e. The lowest BCUT2D eigenvalue weighted by molar-refractivity contribution is 0.0927. The van der Waals surface area contributed by atoms with E-state index in [-0.39, 0.29) is 11.9 Å². The highest BCUT2D eigenvalue weighted by molar-refractivity contribution is 5.92. The molecule has 1 aromatic heterocycles. The number of aromatic nitrogens is 2. The molecule has 25 heavy (non-hydrogen) atoms. The summed E-state index contributed by atoms with van der Waals surface area (Å²) in [5, 5.41) is 7.67. The Labute approximate surface area is 147 Å². The molecular weight excluding hydrogens is 310 g/mol. The van der Waals surface area contributed by atoms with Crippen LogP contribution in [-0.4, -0.2) is 15.7 Å². The molecule has 4 rings (SSSR count). The van der Waals surface area contributed by atoms with Crippen LogP contribution in [0.15, 0.2) is 60.7 Å². The summed E-state index contributed by atoms with van der Waals surface area (Å²) in [4.78, 5) is 12.7. The summed E-state index contributed by atoms with van der Waals surface area (Å²) < 4.78 is 1.81. The van der Waals surface area contributed by atoms with Gasteiger partial charge in [-0.1, -0.05) is 42.5 Å². The van der Waals surface area contributed by atoms with Crippen LogP contribution >= 0.6 is 0 Å². The topological polar surface area (TPSA) is 46.9 Å². The minimum absolute atomic E-state index is 0.0691. The first-order valence-corrected chi connectivity index (χ1v) is 8.73. The first-order chi connectivity index (χ1) is 12.2. The van der Waals surface area contributed by atoms with Gasteiger partial charge in [-0.25, -0.2) is 4.68 Å². The second kappa shape index (κ2) is 6.55. The third-order valence-corrected chi connectivity index (χ3v) is 4.80. The molecule has 4 heteroatoms. The van der Waals surface area contributed by atoms with Gasteiger partial charge in [-0.05, 0) is 55.5 Å². The van der Waals surface area contributed by atoms with Gasteiger partial charge in [0.15, 0.2) is 5.69 Å². The van der Waals surface area contributed by atoms with Crippen molar-refractivity contribution in [3.63, 3.8) is 0 Å². The zero-order valence-electron chi connectivity index (χ0n) is 14.3. The molecule has 0 aliphatic heterocycles. The number of benzene rings is 2. The molecule has 1 N–H and O–H groups in total. The number of nitrogens with one attached hydrogen (secondary N) is 1. The molecule has 1 aliphatic rings. The molecule has 0 bridgehead atoms. The largest absolute Gasteiger partial charge is 0.344 e. The summed E-state index contributed by atoms with van der Waals surface area (Å²) in [6.07, 6.45) is 3.16. The molecule has 0 spiro atoms. The molecule has 1 heterocycles. The van der Waals surface area contributed by atoms with E-state index in [1.807, 2.05) is 54.1 Å². The van der Waals surface area contributed by atoms with E-state index in [0.29, 0.717) is 5.69 Å². The summed E-state index contributed by atoms with van der Waals surface area (Å²) in [5.41, 5.74) is 4.94. The second-order valence-corrected chi connectivity index (χ2v) is 6.54. The fraction of sp³-hybridized carbons (Fsp3) is 0.238. The van der Waals surface area contributed by atoms with Crippen LogP contribution in [-0.2, 0) is 6.42 Å². The lowest BCUT2D eigenvalue weighted by Gasteiger charge is -2.26. The molecule has 3 aromatic rings. The van der Waals surface area contributed by atoms with E-state index in [2.05, 4.69) is 28.6 Å². The van der Waals surface area contributed by atoms with Gasteiger partial charge in [0, 0.05) is 5.69 Å². The van der Waals surface area contributed by atoms with E-state index in [1.165, 1.54) is 11.1 Å². The first-order valence-electron chi connectivity index (χ1n) is 8.73. The number of hydrogen-bond acceptors (Lipinski definition) is 2. The van der Waals surface area contributed by atoms with Gasteiger partial charge in [0.05, 0.1) is 11.7 Å². The highest BCUT2D eigenvalue weighted by Crippen LogP contribution is 2.29. The number of para-hydroxylation sites is 1. The lowest BCUT2D eigenvalue weighted by Crippen LogP contribution is -2.31. The van der Waals surface area contributed by atoms with Crippen molar-refractivity contribution in [3.8, 4) is 5.69 Å². The van der Waals surface area contributed by atoms with E-state index in [4.69, 9.17) is 0 Å². The van der Waals surface area contributed by atoms with Gasteiger partial charge in [0.1, 0.15) is 0 Å². The number of amides is 1. The van der Waals surface area contributed by atoms with Crippen LogP contribution in [0.25, 0.3) is 5.69 Å². The van der Waals surface area contributed by atoms with Crippen LogP contribution in [0.3, 0.4) is 0 Å². The van der Waals surface area contributed by atoms with E-state index in [9.17, 15) is 4.79 Å². The van der Waals surface area contributed by atoms with Crippen LogP contribution in [0.5, 0.6) is 0 Å². The predicted octanol–water partition coefficient (Wildman–Crippen LogP) is 3.99. The van der Waals surface area contributed by atoms with Gasteiger partial charge in [0.2, 0.25) is 0 Å². The molecule has 2 aromatic carbocycles. The fourth-order valence-electron chi connectivity index (χ4n) is 3.55. The fourth-order valence-corrected chi connectivity index (χ4v) is 3.55. The molecule has 1 unspecified atom stereocenters. The molecule has 1 amide bonds. The normalized spacial score (nSPS) is 16.3. The van der Waals surface area contributed by atoms with Gasteiger partial charge >= 0.3 is 0 Å². The Morgan fingerprint density at radius 2 is 1.88 bits per heavy atom. The highest BCUT2D eigenvalue weighted by Gasteiger charge is 2.23. The molecule has 1 aliphatic carbocycles. The number of nitrogens with zero attached hydrogens (tertiary/aromatic N) is 2. The maximum Gasteiger partial charge on any atom is 0.272 e. The Hall–Kier alpha value is -2.88. The van der Waals surface area contributed by atoms with E-state index in [0.717, 1.165) is 30.6 Å². The first kappa shape index (κ1) is 15.6. The average Bonchev–Trinajstić information content (AvgIpc) is 3.05. The number of fused-ring (bicyclic) bond motifs is 1. The van der Waals surface area contributed by atoms with Gasteiger partial charge in [0.25, 0.3) is 5.91 Å². The Morgan fingerprint density at radius 1 is 1.12 bits per heavy atom. The lowest BCUT2D eigenvalue weighted by atomic mass is 9.88. The Bertz CT molecular complexity index is 899. The molecule has 0 fully saturated rings. The number of hydrogen-bond donors (Lipinski definition) is 1. The van der Waals surface area contributed by atoms with Crippen molar-refractivity contribution in [3.05, 3.63) is 83.2 Å². The molecular formula is C21H21N3O. The van der Waals surface area contributed by atoms with Crippen molar-refractivity contribution < 1.29 is 4.79 Å². The zero-order valence-corrected chi connectivity index (χ0v) is 14.3. The molecule has 0 saturated heterocycles. The highest BCUT2D eigenvalue weighted by atomic mass is 16.2. The smallest absolute Gasteiger partial charge is 0.272 e. The van der Waals surface area contributed by atoms with Crippen LogP contribution in [0.2, 0.25) is 0 Å². The van der Waals surface area contributed by atoms with E-state index in [1.54, 1.807) is 0 Å². The summed E-state index contributed by atoms with van der Waals surface area (Å²) in [7, 11) is 0. The molecule has 0 radical (unpaired) electrons. The molecule has 1 atom stereocenters. The quantitative estimate of drug-likeness (QED) is 0.789. The molecule has 126 valence electrons. The maximum atomic E-state index is 12.7. The van der Waals surface area contributed by atoms with Crippen molar-refractivity contribution in [2.45, 2.75) is 32.2 Å². The second-order valence-electron chi connectivity index (χ2n) is 6.54. The third kappa shape index (κ3) is 3.07. The van der Waals surface area contributed by atoms with Crippen molar-refractivity contribution in [2.75, 3.05) is 0 Å². The van der Waals surface area contributed by atoms with Crippen molar-refractivity contribution >= 4 is 5.91 Å². The maximum absolute atomic E-state index is 12.7. The van der Waals surface area contributed by atoms with Crippen molar-refractivity contribution in [1.82, 2.24) is 15.1 Å². The van der Waals surface area contributed by atoms with Crippen molar-refractivity contribution in [2.24, 2.45) is 0 Å².